The first kappa shape index (κ1) is 59.8. The van der Waals surface area contributed by atoms with Crippen LogP contribution in [0.1, 0.15) is 247 Å². The first-order chi connectivity index (χ1) is 32.0. The second-order valence-electron chi connectivity index (χ2n) is 18.4. The van der Waals surface area contributed by atoms with Crippen molar-refractivity contribution in [3.8, 4) is 0 Å². The van der Waals surface area contributed by atoms with E-state index in [1.165, 1.54) is 12.2 Å². The molecule has 376 valence electrons. The van der Waals surface area contributed by atoms with Crippen molar-refractivity contribution in [1.29, 1.82) is 0 Å². The Morgan fingerprint density at radius 3 is 1.17 bits per heavy atom. The van der Waals surface area contributed by atoms with Gasteiger partial charge in [0.15, 0.2) is 0 Å². The van der Waals surface area contributed by atoms with Crippen LogP contribution in [0.15, 0.2) is 34.9 Å². The first-order valence-electron chi connectivity index (χ1n) is 26.5. The molecule has 2 heterocycles. The zero-order valence-electron chi connectivity index (χ0n) is 41.9. The molecule has 14 heteroatoms. The molecule has 0 amide bonds. The van der Waals surface area contributed by atoms with Crippen molar-refractivity contribution < 1.29 is 47.2 Å². The number of carbonyl (C=O) groups is 6. The van der Waals surface area contributed by atoms with Gasteiger partial charge in [0.25, 0.3) is 0 Å². The van der Waals surface area contributed by atoms with Gasteiger partial charge in [0.05, 0.1) is 0 Å². The van der Waals surface area contributed by atoms with Gasteiger partial charge in [0.1, 0.15) is 0 Å². The van der Waals surface area contributed by atoms with E-state index in [-0.39, 0.29) is 32.0 Å². The third-order valence-electron chi connectivity index (χ3n) is 12.2. The molecule has 0 fully saturated rings. The van der Waals surface area contributed by atoms with Gasteiger partial charge in [-0.3, -0.25) is 0 Å². The van der Waals surface area contributed by atoms with Crippen LogP contribution >= 0.6 is 0 Å². The number of rotatable bonds is 39. The van der Waals surface area contributed by atoms with E-state index < -0.39 is 75.1 Å². The summed E-state index contributed by atoms with van der Waals surface area (Å²) in [5.41, 5.74) is 0.372. The topological polar surface area (TPSA) is 158 Å². The average molecular weight is 1140 g/mol. The minimum absolute atomic E-state index is 0.0414. The van der Waals surface area contributed by atoms with Crippen molar-refractivity contribution in [2.24, 2.45) is 0 Å². The van der Waals surface area contributed by atoms with E-state index in [2.05, 4.69) is 34.6 Å². The third kappa shape index (κ3) is 25.8. The zero-order chi connectivity index (χ0) is 48.3. The number of carbonyl (C=O) groups excluding carboxylic acids is 6. The van der Waals surface area contributed by atoms with Gasteiger partial charge in [-0.15, -0.1) is 0 Å². The van der Waals surface area contributed by atoms with Gasteiger partial charge in [-0.05, 0) is 0 Å². The summed E-state index contributed by atoms with van der Waals surface area (Å²) in [6, 6.07) is 0. The molecule has 0 aromatic heterocycles. The number of hydrogen-bond donors (Lipinski definition) is 0. The molecule has 0 bridgehead atoms. The fourth-order valence-corrected chi connectivity index (χ4v) is 21.3. The zero-order valence-corrected chi connectivity index (χ0v) is 47.6. The maximum absolute atomic E-state index is 14.4. The minimum atomic E-state index is -5.36. The van der Waals surface area contributed by atoms with E-state index in [1.54, 1.807) is 0 Å². The van der Waals surface area contributed by atoms with Crippen LogP contribution in [0.25, 0.3) is 0 Å². The molecule has 0 radical (unpaired) electrons. The summed E-state index contributed by atoms with van der Waals surface area (Å²) >= 11 is -10.7. The fraction of sp³-hybridized carbons (Fsp3) is 0.769. The monoisotopic (exact) mass is 1140 g/mol. The Morgan fingerprint density at radius 1 is 0.439 bits per heavy atom. The Hall–Kier alpha value is -2.36. The third-order valence-corrected chi connectivity index (χ3v) is 26.4. The number of hydrogen-bond acceptors (Lipinski definition) is 12. The van der Waals surface area contributed by atoms with Crippen molar-refractivity contribution >= 4 is 75.1 Å². The van der Waals surface area contributed by atoms with Crippen LogP contribution in [0.3, 0.4) is 0 Å². The molecule has 0 aromatic rings. The summed E-state index contributed by atoms with van der Waals surface area (Å²) in [4.78, 5) is 82.8. The van der Waals surface area contributed by atoms with E-state index in [0.717, 1.165) is 167 Å². The molecule has 2 rings (SSSR count). The molecule has 0 spiro atoms. The van der Waals surface area contributed by atoms with Crippen LogP contribution < -0.4 is 0 Å². The van der Waals surface area contributed by atoms with Crippen LogP contribution in [0, 0.1) is 0 Å². The predicted molar refractivity (Wildman–Crippen MR) is 263 cm³/mol. The maximum atomic E-state index is 14.4. The molecule has 2 unspecified atom stereocenters. The molecule has 0 N–H and O–H groups in total. The molecule has 2 aliphatic rings. The Bertz CT molecular complexity index is 1560. The van der Waals surface area contributed by atoms with Gasteiger partial charge < -0.3 is 0 Å². The van der Waals surface area contributed by atoms with Gasteiger partial charge in [-0.25, -0.2) is 0 Å². The first-order valence-corrected chi connectivity index (χ1v) is 37.5. The second kappa shape index (κ2) is 36.6. The molecule has 12 nitrogen and oxygen atoms in total. The summed E-state index contributed by atoms with van der Waals surface area (Å²) in [5, 5.41) is 0. The average Bonchev–Trinajstić information content (AvgIpc) is 3.47. The van der Waals surface area contributed by atoms with Crippen LogP contribution in [-0.2, 0) is 47.2 Å². The normalized spacial score (nSPS) is 18.9. The molecular weight excluding hydrogens is 1050 g/mol. The van der Waals surface area contributed by atoms with E-state index >= 15 is 0 Å². The van der Waals surface area contributed by atoms with Crippen LogP contribution in [0.5, 0.6) is 0 Å². The quantitative estimate of drug-likeness (QED) is 0.0326. The summed E-state index contributed by atoms with van der Waals surface area (Å²) in [6.45, 7) is 10.7. The van der Waals surface area contributed by atoms with Crippen molar-refractivity contribution in [3.05, 3.63) is 34.9 Å². The molecule has 2 atom stereocenters. The summed E-state index contributed by atoms with van der Waals surface area (Å²) < 4.78 is 36.4. The summed E-state index contributed by atoms with van der Waals surface area (Å²) in [5.74, 6) is -4.82. The van der Waals surface area contributed by atoms with Crippen LogP contribution in [0.4, 0.5) is 0 Å². The van der Waals surface area contributed by atoms with E-state index in [9.17, 15) is 28.8 Å². The van der Waals surface area contributed by atoms with Gasteiger partial charge >= 0.3 is 413 Å². The molecule has 0 aromatic carbocycles. The van der Waals surface area contributed by atoms with Crippen molar-refractivity contribution in [2.75, 3.05) is 0 Å². The second-order valence-corrected chi connectivity index (χ2v) is 32.5. The Labute approximate surface area is 409 Å². The molecule has 0 saturated heterocycles. The van der Waals surface area contributed by atoms with Crippen molar-refractivity contribution in [3.63, 3.8) is 0 Å². The van der Waals surface area contributed by atoms with E-state index in [1.807, 2.05) is 0 Å². The molecular formula is C52H88O12Sn2. The van der Waals surface area contributed by atoms with Gasteiger partial charge in [0, 0.05) is 0 Å². The standard InChI is InChI=1S/3C12H20O4.2C8H17.2Sn/c3*1-2-3-4-5-6-7-8-10(12(15)16)9-11(13)14;2*1-3-5-7-8-6-4-2;;/h3*9H,2-8H2,1H3,(H,13,14)(H,15,16);2*1,3-8H2,2H3;;/q;;;;;2*+3/p-6/b10-9-;;;;;;. The SMILES string of the molecule is CCCCCCCCC1=CC(=O)[O][Sn]([CH2]CCCCCCC)([O]C(=O)/C=C(/CCCCCCCC)C(=O)[O][Sn]2([CH2]CCCCCCC)[O]C(=O)C=C(CCCCCCCC)C(=O)[O]2)[O]C1=O. The summed E-state index contributed by atoms with van der Waals surface area (Å²) in [6.07, 6.45) is 32.5. The van der Waals surface area contributed by atoms with Crippen LogP contribution in [-0.4, -0.2) is 75.1 Å². The Morgan fingerprint density at radius 2 is 0.773 bits per heavy atom. The molecule has 0 saturated carbocycles. The molecule has 66 heavy (non-hydrogen) atoms. The molecule has 2 aliphatic heterocycles. The predicted octanol–water partition coefficient (Wildman–Crippen LogP) is 13.9. The summed E-state index contributed by atoms with van der Waals surface area (Å²) in [7, 11) is 0. The van der Waals surface area contributed by atoms with E-state index in [0.29, 0.717) is 44.9 Å². The molecule has 0 aliphatic carbocycles. The van der Waals surface area contributed by atoms with Crippen molar-refractivity contribution in [2.45, 2.75) is 255 Å². The van der Waals surface area contributed by atoms with Gasteiger partial charge in [-0.1, -0.05) is 0 Å². The van der Waals surface area contributed by atoms with Gasteiger partial charge in [0.2, 0.25) is 0 Å². The van der Waals surface area contributed by atoms with E-state index in [4.69, 9.17) is 18.4 Å². The van der Waals surface area contributed by atoms with Crippen molar-refractivity contribution in [1.82, 2.24) is 0 Å². The Kier molecular flexibility index (Phi) is 33.1. The van der Waals surface area contributed by atoms with Gasteiger partial charge in [-0.2, -0.15) is 0 Å². The van der Waals surface area contributed by atoms with Crippen LogP contribution in [0.2, 0.25) is 8.87 Å². The Balaban J connectivity index is 2.44. The fourth-order valence-electron chi connectivity index (χ4n) is 8.26. The number of unbranched alkanes of at least 4 members (excludes halogenated alkanes) is 25.